The van der Waals surface area contributed by atoms with Crippen molar-refractivity contribution in [1.82, 2.24) is 4.98 Å². The third-order valence-electron chi connectivity index (χ3n) is 0.566. The van der Waals surface area contributed by atoms with E-state index < -0.39 is 0 Å². The average molecular weight is 118 g/mol. The number of nitrogens with zero attached hydrogens (tertiary/aromatic N) is 1. The van der Waals surface area contributed by atoms with Crippen LogP contribution in [-0.2, 0) is 0 Å². The van der Waals surface area contributed by atoms with E-state index in [4.69, 9.17) is 0 Å². The summed E-state index contributed by atoms with van der Waals surface area (Å²) in [5, 5.41) is 0. The molecule has 7 heavy (non-hydrogen) atoms. The fraction of sp³-hybridized carbons (Fsp3) is 0. The molecule has 0 spiro atoms. The van der Waals surface area contributed by atoms with Gasteiger partial charge < -0.3 is 0 Å². The van der Waals surface area contributed by atoms with Crippen molar-refractivity contribution in [1.29, 1.82) is 0 Å². The normalized spacial score (nSPS) is 6.86. The maximum absolute atomic E-state index is 3.78. The average Bonchev–Trinajstić information content (AvgIpc) is 1.72. The Kier molecular flexibility index (Phi) is 5.49. The Balaban J connectivity index is 0.000000360. The van der Waals surface area contributed by atoms with Gasteiger partial charge in [0.1, 0.15) is 0 Å². The SMILES string of the molecule is [K+].c1ccncc1. The summed E-state index contributed by atoms with van der Waals surface area (Å²) in [6.07, 6.45) is 3.50. The van der Waals surface area contributed by atoms with E-state index in [-0.39, 0.29) is 51.4 Å². The van der Waals surface area contributed by atoms with Crippen LogP contribution in [0.4, 0.5) is 0 Å². The molecule has 1 nitrogen and oxygen atoms in total. The van der Waals surface area contributed by atoms with Crippen LogP contribution >= 0.6 is 0 Å². The summed E-state index contributed by atoms with van der Waals surface area (Å²) in [7, 11) is 0. The molecule has 1 aromatic heterocycles. The second kappa shape index (κ2) is 4.93. The van der Waals surface area contributed by atoms with Gasteiger partial charge in [0.25, 0.3) is 0 Å². The Morgan fingerprint density at radius 3 is 1.57 bits per heavy atom. The molecule has 0 aliphatic rings. The van der Waals surface area contributed by atoms with Crippen molar-refractivity contribution in [3.05, 3.63) is 30.6 Å². The summed E-state index contributed by atoms with van der Waals surface area (Å²) in [6.45, 7) is 0. The molecule has 0 aliphatic carbocycles. The molecule has 1 aromatic rings. The number of hydrogen-bond acceptors (Lipinski definition) is 1. The molecule has 0 N–H and O–H groups in total. The second-order valence-corrected chi connectivity index (χ2v) is 1.02. The molecule has 0 amide bonds. The minimum atomic E-state index is 0. The second-order valence-electron chi connectivity index (χ2n) is 1.02. The molecule has 0 fully saturated rings. The smallest absolute Gasteiger partial charge is 0.265 e. The van der Waals surface area contributed by atoms with Gasteiger partial charge in [0, 0.05) is 12.4 Å². The molecule has 0 saturated carbocycles. The minimum absolute atomic E-state index is 0. The van der Waals surface area contributed by atoms with Crippen molar-refractivity contribution in [2.75, 3.05) is 0 Å². The molecule has 0 saturated heterocycles. The van der Waals surface area contributed by atoms with Crippen molar-refractivity contribution in [2.24, 2.45) is 0 Å². The van der Waals surface area contributed by atoms with E-state index in [1.54, 1.807) is 12.4 Å². The molecular formula is C5H5KN+. The van der Waals surface area contributed by atoms with E-state index in [1.165, 1.54) is 0 Å². The predicted octanol–water partition coefficient (Wildman–Crippen LogP) is -1.91. The minimum Gasteiger partial charge on any atom is -0.265 e. The fourth-order valence-corrected chi connectivity index (χ4v) is 0.313. The van der Waals surface area contributed by atoms with E-state index in [1.807, 2.05) is 18.2 Å². The third kappa shape index (κ3) is 3.38. The quantitative estimate of drug-likeness (QED) is 0.362. The van der Waals surface area contributed by atoms with Gasteiger partial charge in [-0.15, -0.1) is 0 Å². The first-order valence-electron chi connectivity index (χ1n) is 1.85. The van der Waals surface area contributed by atoms with E-state index in [0.717, 1.165) is 0 Å². The van der Waals surface area contributed by atoms with Gasteiger partial charge in [-0.05, 0) is 12.1 Å². The monoisotopic (exact) mass is 118 g/mol. The summed E-state index contributed by atoms with van der Waals surface area (Å²) in [5.74, 6) is 0. The van der Waals surface area contributed by atoms with E-state index in [2.05, 4.69) is 4.98 Å². The zero-order valence-corrected chi connectivity index (χ0v) is 7.46. The van der Waals surface area contributed by atoms with Gasteiger partial charge in [-0.25, -0.2) is 0 Å². The molecular weight excluding hydrogens is 113 g/mol. The number of aromatic nitrogens is 1. The summed E-state index contributed by atoms with van der Waals surface area (Å²) in [6, 6.07) is 5.72. The maximum atomic E-state index is 3.78. The van der Waals surface area contributed by atoms with Crippen molar-refractivity contribution in [3.8, 4) is 0 Å². The van der Waals surface area contributed by atoms with E-state index >= 15 is 0 Å². The van der Waals surface area contributed by atoms with Crippen LogP contribution < -0.4 is 51.4 Å². The van der Waals surface area contributed by atoms with Crippen molar-refractivity contribution >= 4 is 0 Å². The Morgan fingerprint density at radius 1 is 0.857 bits per heavy atom. The first-order chi connectivity index (χ1) is 3.00. The summed E-state index contributed by atoms with van der Waals surface area (Å²) < 4.78 is 0. The zero-order valence-electron chi connectivity index (χ0n) is 4.33. The van der Waals surface area contributed by atoms with Crippen LogP contribution in [0.2, 0.25) is 0 Å². The van der Waals surface area contributed by atoms with Gasteiger partial charge in [-0.1, -0.05) is 6.07 Å². The Bertz CT molecular complexity index is 80.0. The summed E-state index contributed by atoms with van der Waals surface area (Å²) in [5.41, 5.74) is 0. The molecule has 1 rings (SSSR count). The molecule has 0 bridgehead atoms. The van der Waals surface area contributed by atoms with E-state index in [0.29, 0.717) is 0 Å². The molecule has 1 heterocycles. The Hall–Kier alpha value is 0.786. The molecule has 0 radical (unpaired) electrons. The van der Waals surface area contributed by atoms with Crippen LogP contribution in [0.15, 0.2) is 30.6 Å². The van der Waals surface area contributed by atoms with Gasteiger partial charge in [-0.3, -0.25) is 4.98 Å². The topological polar surface area (TPSA) is 12.9 Å². The van der Waals surface area contributed by atoms with Crippen LogP contribution in [0, 0.1) is 0 Å². The zero-order chi connectivity index (χ0) is 4.24. The van der Waals surface area contributed by atoms with Crippen LogP contribution in [0.5, 0.6) is 0 Å². The number of pyridine rings is 1. The molecule has 0 aliphatic heterocycles. The molecule has 2 heteroatoms. The van der Waals surface area contributed by atoms with Crippen molar-refractivity contribution in [2.45, 2.75) is 0 Å². The van der Waals surface area contributed by atoms with Crippen LogP contribution in [0.3, 0.4) is 0 Å². The third-order valence-corrected chi connectivity index (χ3v) is 0.566. The molecule has 0 aromatic carbocycles. The van der Waals surface area contributed by atoms with Crippen molar-refractivity contribution in [3.63, 3.8) is 0 Å². The standard InChI is InChI=1S/C5H5N.K/c1-2-4-6-5-3-1;/h1-5H;/q;+1. The van der Waals surface area contributed by atoms with Gasteiger partial charge in [0.15, 0.2) is 0 Å². The van der Waals surface area contributed by atoms with Crippen LogP contribution in [0.1, 0.15) is 0 Å². The van der Waals surface area contributed by atoms with Gasteiger partial charge in [0.05, 0.1) is 0 Å². The molecule has 0 atom stereocenters. The molecule has 30 valence electrons. The van der Waals surface area contributed by atoms with Gasteiger partial charge in [0.2, 0.25) is 0 Å². The van der Waals surface area contributed by atoms with Gasteiger partial charge >= 0.3 is 51.4 Å². The maximum Gasteiger partial charge on any atom is 1.00 e. The van der Waals surface area contributed by atoms with Crippen molar-refractivity contribution < 1.29 is 51.4 Å². The van der Waals surface area contributed by atoms with E-state index in [9.17, 15) is 0 Å². The summed E-state index contributed by atoms with van der Waals surface area (Å²) in [4.78, 5) is 3.78. The van der Waals surface area contributed by atoms with Gasteiger partial charge in [-0.2, -0.15) is 0 Å². The fourth-order valence-electron chi connectivity index (χ4n) is 0.313. The largest absolute Gasteiger partial charge is 1.00 e. The first-order valence-corrected chi connectivity index (χ1v) is 1.85. The first kappa shape index (κ1) is 7.79. The predicted molar refractivity (Wildman–Crippen MR) is 24.2 cm³/mol. The van der Waals surface area contributed by atoms with Crippen LogP contribution in [0.25, 0.3) is 0 Å². The number of hydrogen-bond donors (Lipinski definition) is 0. The number of rotatable bonds is 0. The Labute approximate surface area is 85.6 Å². The van der Waals surface area contributed by atoms with Crippen LogP contribution in [-0.4, -0.2) is 4.98 Å². The Morgan fingerprint density at radius 2 is 1.43 bits per heavy atom. The summed E-state index contributed by atoms with van der Waals surface area (Å²) >= 11 is 0. The molecule has 0 unspecified atom stereocenters.